The van der Waals surface area contributed by atoms with Crippen LogP contribution in [0.15, 0.2) is 23.6 Å². The zero-order chi connectivity index (χ0) is 17.1. The molecule has 1 atom stereocenters. The van der Waals surface area contributed by atoms with Crippen LogP contribution in [0, 0.1) is 5.92 Å². The molecule has 3 rings (SSSR count). The Balaban J connectivity index is 1.52. The van der Waals surface area contributed by atoms with Gasteiger partial charge >= 0.3 is 5.97 Å². The normalized spacial score (nSPS) is 16.3. The van der Waals surface area contributed by atoms with E-state index in [0.29, 0.717) is 15.7 Å². The third kappa shape index (κ3) is 3.91. The topological polar surface area (TPSA) is 72.5 Å². The lowest BCUT2D eigenvalue weighted by molar-refractivity contribution is -0.123. The second kappa shape index (κ2) is 7.27. The summed E-state index contributed by atoms with van der Waals surface area (Å²) in [5, 5.41) is 3.95. The molecule has 0 unspecified atom stereocenters. The Hall–Kier alpha value is -1.99. The molecule has 0 aromatic carbocycles. The van der Waals surface area contributed by atoms with Crippen LogP contribution in [0.3, 0.4) is 0 Å². The van der Waals surface area contributed by atoms with E-state index in [0.717, 1.165) is 19.3 Å². The zero-order valence-corrected chi connectivity index (χ0v) is 14.8. The molecule has 5 nitrogen and oxygen atoms in total. The number of nitrogens with one attached hydrogen (secondary N) is 1. The molecule has 7 heteroatoms. The molecule has 0 spiro atoms. The van der Waals surface area contributed by atoms with Crippen LogP contribution in [-0.2, 0) is 22.4 Å². The van der Waals surface area contributed by atoms with Gasteiger partial charge in [-0.15, -0.1) is 22.7 Å². The average molecular weight is 363 g/mol. The number of imide groups is 1. The molecule has 0 bridgehead atoms. The van der Waals surface area contributed by atoms with Crippen molar-refractivity contribution in [2.75, 3.05) is 6.61 Å². The lowest BCUT2D eigenvalue weighted by Crippen LogP contribution is -2.33. The summed E-state index contributed by atoms with van der Waals surface area (Å²) in [6, 6.07) is 5.21. The number of hydrogen-bond acceptors (Lipinski definition) is 6. The molecule has 1 N–H and O–H groups in total. The van der Waals surface area contributed by atoms with Gasteiger partial charge in [0.1, 0.15) is 4.88 Å². The number of aryl methyl sites for hydroxylation is 1. The minimum atomic E-state index is -0.628. The summed E-state index contributed by atoms with van der Waals surface area (Å²) in [4.78, 5) is 37.7. The highest BCUT2D eigenvalue weighted by atomic mass is 32.1. The van der Waals surface area contributed by atoms with Gasteiger partial charge in [0.15, 0.2) is 6.61 Å². The first-order valence-corrected chi connectivity index (χ1v) is 9.39. The van der Waals surface area contributed by atoms with Crippen molar-refractivity contribution >= 4 is 40.5 Å². The van der Waals surface area contributed by atoms with Gasteiger partial charge in [-0.2, -0.15) is 0 Å². The van der Waals surface area contributed by atoms with E-state index >= 15 is 0 Å². The number of carbonyl (C=O) groups is 3. The molecule has 24 heavy (non-hydrogen) atoms. The molecule has 2 amide bonds. The van der Waals surface area contributed by atoms with Crippen molar-refractivity contribution < 1.29 is 19.1 Å². The van der Waals surface area contributed by atoms with Crippen molar-refractivity contribution in [3.8, 4) is 0 Å². The Morgan fingerprint density at radius 1 is 1.33 bits per heavy atom. The van der Waals surface area contributed by atoms with E-state index in [1.165, 1.54) is 33.1 Å². The SMILES string of the molecule is C[C@H]1CCc2sc(C(=O)OCC(=O)NC(=O)c3cccs3)cc2C1. The fourth-order valence-electron chi connectivity index (χ4n) is 2.64. The van der Waals surface area contributed by atoms with Crippen LogP contribution in [0.4, 0.5) is 0 Å². The first kappa shape index (κ1) is 16.9. The molecule has 2 heterocycles. The van der Waals surface area contributed by atoms with E-state index < -0.39 is 24.4 Å². The maximum absolute atomic E-state index is 12.1. The second-order valence-electron chi connectivity index (χ2n) is 5.84. The molecule has 0 aliphatic heterocycles. The molecule has 2 aromatic heterocycles. The number of hydrogen-bond donors (Lipinski definition) is 1. The third-order valence-electron chi connectivity index (χ3n) is 3.86. The molecule has 0 saturated carbocycles. The molecule has 0 radical (unpaired) electrons. The monoisotopic (exact) mass is 363 g/mol. The van der Waals surface area contributed by atoms with Crippen LogP contribution in [0.25, 0.3) is 0 Å². The summed E-state index contributed by atoms with van der Waals surface area (Å²) in [7, 11) is 0. The summed E-state index contributed by atoms with van der Waals surface area (Å²) in [5.41, 5.74) is 1.21. The fraction of sp³-hybridized carbons (Fsp3) is 0.353. The summed E-state index contributed by atoms with van der Waals surface area (Å²) >= 11 is 2.68. The Labute approximate surface area is 147 Å². The number of amides is 2. The van der Waals surface area contributed by atoms with Gasteiger partial charge in [-0.3, -0.25) is 14.9 Å². The zero-order valence-electron chi connectivity index (χ0n) is 13.2. The first-order valence-electron chi connectivity index (χ1n) is 7.69. The number of fused-ring (bicyclic) bond motifs is 1. The maximum atomic E-state index is 12.1. The van der Waals surface area contributed by atoms with E-state index in [2.05, 4.69) is 12.2 Å². The quantitative estimate of drug-likeness (QED) is 0.848. The Morgan fingerprint density at radius 3 is 2.92 bits per heavy atom. The summed E-state index contributed by atoms with van der Waals surface area (Å²) in [5.74, 6) is -0.992. The molecule has 1 aliphatic rings. The van der Waals surface area contributed by atoms with Gasteiger partial charge in [0.2, 0.25) is 0 Å². The van der Waals surface area contributed by atoms with Crippen molar-refractivity contribution in [1.82, 2.24) is 5.32 Å². The van der Waals surface area contributed by atoms with Gasteiger partial charge in [-0.25, -0.2) is 4.79 Å². The van der Waals surface area contributed by atoms with Gasteiger partial charge in [0.05, 0.1) is 4.88 Å². The lowest BCUT2D eigenvalue weighted by atomic mass is 9.90. The van der Waals surface area contributed by atoms with Gasteiger partial charge in [0.25, 0.3) is 11.8 Å². The predicted octanol–water partition coefficient (Wildman–Crippen LogP) is 3.05. The van der Waals surface area contributed by atoms with Crippen molar-refractivity contribution in [2.24, 2.45) is 5.92 Å². The third-order valence-corrected chi connectivity index (χ3v) is 5.95. The summed E-state index contributed by atoms with van der Waals surface area (Å²) in [6.07, 6.45) is 3.11. The molecule has 1 aliphatic carbocycles. The van der Waals surface area contributed by atoms with E-state index in [9.17, 15) is 14.4 Å². The van der Waals surface area contributed by atoms with Gasteiger partial charge < -0.3 is 4.74 Å². The molecule has 0 saturated heterocycles. The highest BCUT2D eigenvalue weighted by molar-refractivity contribution is 7.14. The van der Waals surface area contributed by atoms with E-state index in [1.807, 2.05) is 6.07 Å². The predicted molar refractivity (Wildman–Crippen MR) is 92.6 cm³/mol. The lowest BCUT2D eigenvalue weighted by Gasteiger charge is -2.16. The number of ether oxygens (including phenoxy) is 1. The van der Waals surface area contributed by atoms with Crippen LogP contribution in [0.1, 0.15) is 43.1 Å². The van der Waals surface area contributed by atoms with Crippen LogP contribution in [0.5, 0.6) is 0 Å². The minimum absolute atomic E-state index is 0.440. The maximum Gasteiger partial charge on any atom is 0.348 e. The van der Waals surface area contributed by atoms with E-state index in [1.54, 1.807) is 17.5 Å². The van der Waals surface area contributed by atoms with Crippen molar-refractivity contribution in [3.63, 3.8) is 0 Å². The van der Waals surface area contributed by atoms with Crippen molar-refractivity contribution in [3.05, 3.63) is 43.8 Å². The molecular formula is C17H17NO4S2. The van der Waals surface area contributed by atoms with Crippen LogP contribution >= 0.6 is 22.7 Å². The molecule has 0 fully saturated rings. The Kier molecular flexibility index (Phi) is 5.11. The van der Waals surface area contributed by atoms with E-state index in [-0.39, 0.29) is 0 Å². The number of thiophene rings is 2. The minimum Gasteiger partial charge on any atom is -0.451 e. The second-order valence-corrected chi connectivity index (χ2v) is 7.92. The highest BCUT2D eigenvalue weighted by Crippen LogP contribution is 2.32. The highest BCUT2D eigenvalue weighted by Gasteiger charge is 2.22. The van der Waals surface area contributed by atoms with Gasteiger partial charge in [-0.1, -0.05) is 13.0 Å². The fourth-order valence-corrected chi connectivity index (χ4v) is 4.36. The number of carbonyl (C=O) groups excluding carboxylic acids is 3. The molecule has 126 valence electrons. The average Bonchev–Trinajstić information content (AvgIpc) is 3.21. The molecular weight excluding hydrogens is 346 g/mol. The van der Waals surface area contributed by atoms with Gasteiger partial charge in [-0.05, 0) is 48.3 Å². The standard InChI is InChI=1S/C17H17NO4S2/c1-10-4-5-12-11(7-10)8-14(24-12)17(21)22-9-15(19)18-16(20)13-3-2-6-23-13/h2-3,6,8,10H,4-5,7,9H2,1H3,(H,18,19,20)/t10-/m0/s1. The van der Waals surface area contributed by atoms with Crippen molar-refractivity contribution in [2.45, 2.75) is 26.2 Å². The van der Waals surface area contributed by atoms with Crippen molar-refractivity contribution in [1.29, 1.82) is 0 Å². The van der Waals surface area contributed by atoms with Crippen LogP contribution in [0.2, 0.25) is 0 Å². The summed E-state index contributed by atoms with van der Waals surface area (Å²) < 4.78 is 5.02. The van der Waals surface area contributed by atoms with E-state index in [4.69, 9.17) is 4.74 Å². The summed E-state index contributed by atoms with van der Waals surface area (Å²) in [6.45, 7) is 1.74. The van der Waals surface area contributed by atoms with Crippen LogP contribution < -0.4 is 5.32 Å². The number of rotatable bonds is 4. The number of esters is 1. The first-order chi connectivity index (χ1) is 11.5. The smallest absolute Gasteiger partial charge is 0.348 e. The Bertz CT molecular complexity index is 764. The Morgan fingerprint density at radius 2 is 2.17 bits per heavy atom. The van der Waals surface area contributed by atoms with Crippen LogP contribution in [-0.4, -0.2) is 24.4 Å². The largest absolute Gasteiger partial charge is 0.451 e. The van der Waals surface area contributed by atoms with Gasteiger partial charge in [0, 0.05) is 4.88 Å². The molecule has 2 aromatic rings.